The predicted octanol–water partition coefficient (Wildman–Crippen LogP) is 4.57. The summed E-state index contributed by atoms with van der Waals surface area (Å²) in [6, 6.07) is 7.78. The number of fused-ring (bicyclic) bond motifs is 1. The zero-order valence-electron chi connectivity index (χ0n) is 20.8. The zero-order chi connectivity index (χ0) is 25.3. The van der Waals surface area contributed by atoms with Crippen molar-refractivity contribution in [1.29, 1.82) is 0 Å². The van der Waals surface area contributed by atoms with Crippen LogP contribution in [-0.4, -0.2) is 56.2 Å². The summed E-state index contributed by atoms with van der Waals surface area (Å²) in [4.78, 5) is 21.6. The van der Waals surface area contributed by atoms with Crippen molar-refractivity contribution in [2.45, 2.75) is 58.2 Å². The van der Waals surface area contributed by atoms with Gasteiger partial charge in [-0.05, 0) is 57.0 Å². The molecular formula is C27H32F2N6O. The van der Waals surface area contributed by atoms with Gasteiger partial charge in [-0.1, -0.05) is 13.0 Å². The molecule has 4 heterocycles. The van der Waals surface area contributed by atoms with Gasteiger partial charge in [0.05, 0.1) is 17.8 Å². The van der Waals surface area contributed by atoms with Crippen molar-refractivity contribution in [3.05, 3.63) is 70.7 Å². The first-order valence-corrected chi connectivity index (χ1v) is 12.6. The number of amides is 2. The number of hydrogen-bond acceptors (Lipinski definition) is 4. The minimum absolute atomic E-state index is 0.0816. The fourth-order valence-corrected chi connectivity index (χ4v) is 5.45. The van der Waals surface area contributed by atoms with Crippen LogP contribution in [0, 0.1) is 18.6 Å². The lowest BCUT2D eigenvalue weighted by Gasteiger charge is -2.44. The number of hydrogen-bond donors (Lipinski definition) is 2. The largest absolute Gasteiger partial charge is 0.331 e. The summed E-state index contributed by atoms with van der Waals surface area (Å²) in [6.07, 6.45) is 4.89. The van der Waals surface area contributed by atoms with Gasteiger partial charge in [0, 0.05) is 60.3 Å². The number of carbonyl (C=O) groups is 1. The molecule has 2 aliphatic heterocycles. The van der Waals surface area contributed by atoms with E-state index in [4.69, 9.17) is 0 Å². The standard InChI is InChI=1S/C27H32F2N6O/c1-3-27(10-5-12-34(17-27)15-20-22(28)6-4-7-23(20)29)31-26(36)35-13-9-24-21(16-35)25(33-32-24)19-8-11-30-18(2)14-19/h4,6-8,11,14H,3,5,9-10,12-13,15-17H2,1-2H3,(H,31,36)(H,32,33). The highest BCUT2D eigenvalue weighted by Gasteiger charge is 2.37. The van der Waals surface area contributed by atoms with Crippen molar-refractivity contribution in [2.24, 2.45) is 0 Å². The first-order chi connectivity index (χ1) is 17.4. The van der Waals surface area contributed by atoms with E-state index in [1.807, 2.05) is 28.9 Å². The second-order valence-corrected chi connectivity index (χ2v) is 9.97. The second kappa shape index (κ2) is 9.97. The number of nitrogens with one attached hydrogen (secondary N) is 2. The summed E-state index contributed by atoms with van der Waals surface area (Å²) in [5.41, 5.74) is 4.48. The monoisotopic (exact) mass is 494 g/mol. The Balaban J connectivity index is 1.29. The van der Waals surface area contributed by atoms with E-state index in [-0.39, 0.29) is 18.1 Å². The number of halogens is 2. The number of pyridine rings is 1. The third-order valence-corrected chi connectivity index (χ3v) is 7.54. The van der Waals surface area contributed by atoms with Crippen molar-refractivity contribution in [3.8, 4) is 11.3 Å². The van der Waals surface area contributed by atoms with Crippen molar-refractivity contribution < 1.29 is 13.6 Å². The average Bonchev–Trinajstić information content (AvgIpc) is 3.30. The van der Waals surface area contributed by atoms with Gasteiger partial charge in [0.2, 0.25) is 0 Å². The number of benzene rings is 1. The van der Waals surface area contributed by atoms with Crippen LogP contribution in [0.25, 0.3) is 11.3 Å². The van der Waals surface area contributed by atoms with Crippen molar-refractivity contribution in [2.75, 3.05) is 19.6 Å². The lowest BCUT2D eigenvalue weighted by molar-refractivity contribution is 0.104. The third-order valence-electron chi connectivity index (χ3n) is 7.54. The van der Waals surface area contributed by atoms with E-state index in [1.165, 1.54) is 18.2 Å². The number of aromatic nitrogens is 3. The van der Waals surface area contributed by atoms with Crippen LogP contribution < -0.4 is 5.32 Å². The Labute approximate surface area is 209 Å². The Bertz CT molecular complexity index is 1240. The molecular weight excluding hydrogens is 462 g/mol. The molecule has 7 nitrogen and oxygen atoms in total. The van der Waals surface area contributed by atoms with Gasteiger partial charge in [-0.3, -0.25) is 15.0 Å². The molecule has 5 rings (SSSR count). The molecule has 0 radical (unpaired) electrons. The molecule has 9 heteroatoms. The Hall–Kier alpha value is -3.33. The van der Waals surface area contributed by atoms with E-state index >= 15 is 0 Å². The number of carbonyl (C=O) groups excluding carboxylic acids is 1. The van der Waals surface area contributed by atoms with E-state index in [9.17, 15) is 13.6 Å². The molecule has 2 aromatic heterocycles. The van der Waals surface area contributed by atoms with Gasteiger partial charge in [-0.2, -0.15) is 5.10 Å². The third kappa shape index (κ3) is 4.84. The summed E-state index contributed by atoms with van der Waals surface area (Å²) in [7, 11) is 0. The quantitative estimate of drug-likeness (QED) is 0.545. The zero-order valence-corrected chi connectivity index (χ0v) is 20.8. The van der Waals surface area contributed by atoms with Crippen LogP contribution in [0.15, 0.2) is 36.5 Å². The molecule has 1 fully saturated rings. The smallest absolute Gasteiger partial charge is 0.318 e. The van der Waals surface area contributed by atoms with Gasteiger partial charge >= 0.3 is 6.03 Å². The Morgan fingerprint density at radius 3 is 2.78 bits per heavy atom. The molecule has 190 valence electrons. The van der Waals surface area contributed by atoms with Crippen LogP contribution in [0.3, 0.4) is 0 Å². The number of aryl methyl sites for hydroxylation is 1. The SMILES string of the molecule is CCC1(NC(=O)N2CCc3[nH]nc(-c4ccnc(C)c4)c3C2)CCCN(Cc2c(F)cccc2F)C1. The fraction of sp³-hybridized carbons (Fsp3) is 0.444. The number of aromatic amines is 1. The molecule has 1 saturated heterocycles. The maximum atomic E-state index is 14.3. The number of urea groups is 1. The van der Waals surface area contributed by atoms with Crippen LogP contribution in [0.5, 0.6) is 0 Å². The highest BCUT2D eigenvalue weighted by atomic mass is 19.1. The molecule has 0 bridgehead atoms. The van der Waals surface area contributed by atoms with Crippen LogP contribution in [0.2, 0.25) is 0 Å². The molecule has 0 saturated carbocycles. The van der Waals surface area contributed by atoms with E-state index in [0.717, 1.165) is 54.0 Å². The first kappa shape index (κ1) is 24.4. The van der Waals surface area contributed by atoms with Crippen LogP contribution in [0.1, 0.15) is 48.7 Å². The molecule has 2 aliphatic rings. The van der Waals surface area contributed by atoms with Gasteiger partial charge in [0.1, 0.15) is 11.6 Å². The van der Waals surface area contributed by atoms with Crippen molar-refractivity contribution >= 4 is 6.03 Å². The Kier molecular flexibility index (Phi) is 6.75. The van der Waals surface area contributed by atoms with Gasteiger partial charge in [0.15, 0.2) is 0 Å². The maximum absolute atomic E-state index is 14.3. The minimum Gasteiger partial charge on any atom is -0.331 e. The number of likely N-dealkylation sites (tertiary alicyclic amines) is 1. The van der Waals surface area contributed by atoms with Crippen molar-refractivity contribution in [1.82, 2.24) is 30.3 Å². The normalized spacial score (nSPS) is 20.3. The summed E-state index contributed by atoms with van der Waals surface area (Å²) >= 11 is 0. The van der Waals surface area contributed by atoms with Gasteiger partial charge in [-0.15, -0.1) is 0 Å². The molecule has 36 heavy (non-hydrogen) atoms. The van der Waals surface area contributed by atoms with Gasteiger partial charge < -0.3 is 10.2 Å². The Morgan fingerprint density at radius 1 is 1.22 bits per heavy atom. The summed E-state index contributed by atoms with van der Waals surface area (Å²) in [6.45, 7) is 6.55. The van der Waals surface area contributed by atoms with Gasteiger partial charge in [-0.25, -0.2) is 13.6 Å². The summed E-state index contributed by atoms with van der Waals surface area (Å²) in [5.74, 6) is -1.06. The lowest BCUT2D eigenvalue weighted by atomic mass is 9.86. The van der Waals surface area contributed by atoms with Crippen LogP contribution >= 0.6 is 0 Å². The molecule has 2 amide bonds. The summed E-state index contributed by atoms with van der Waals surface area (Å²) in [5, 5.41) is 11.0. The average molecular weight is 495 g/mol. The number of piperidine rings is 1. The number of rotatable bonds is 5. The van der Waals surface area contributed by atoms with Crippen molar-refractivity contribution in [3.63, 3.8) is 0 Å². The molecule has 1 unspecified atom stereocenters. The van der Waals surface area contributed by atoms with E-state index in [1.54, 1.807) is 6.20 Å². The topological polar surface area (TPSA) is 77.1 Å². The number of H-pyrrole nitrogens is 1. The maximum Gasteiger partial charge on any atom is 0.318 e. The van der Waals surface area contributed by atoms with E-state index < -0.39 is 17.2 Å². The molecule has 0 aliphatic carbocycles. The minimum atomic E-state index is -0.531. The second-order valence-electron chi connectivity index (χ2n) is 9.97. The van der Waals surface area contributed by atoms with Crippen LogP contribution in [0.4, 0.5) is 13.6 Å². The molecule has 1 atom stereocenters. The lowest BCUT2D eigenvalue weighted by Crippen LogP contribution is -2.60. The number of nitrogens with zero attached hydrogens (tertiary/aromatic N) is 4. The predicted molar refractivity (Wildman–Crippen MR) is 133 cm³/mol. The molecule has 3 aromatic rings. The fourth-order valence-electron chi connectivity index (χ4n) is 5.45. The molecule has 0 spiro atoms. The van der Waals surface area contributed by atoms with Crippen LogP contribution in [-0.2, 0) is 19.5 Å². The van der Waals surface area contributed by atoms with Gasteiger partial charge in [0.25, 0.3) is 0 Å². The highest BCUT2D eigenvalue weighted by Crippen LogP contribution is 2.30. The first-order valence-electron chi connectivity index (χ1n) is 12.6. The Morgan fingerprint density at radius 2 is 2.03 bits per heavy atom. The molecule has 2 N–H and O–H groups in total. The van der Waals surface area contributed by atoms with E-state index in [2.05, 4.69) is 27.4 Å². The molecule has 1 aromatic carbocycles. The summed E-state index contributed by atoms with van der Waals surface area (Å²) < 4.78 is 28.5. The highest BCUT2D eigenvalue weighted by molar-refractivity contribution is 5.76. The van der Waals surface area contributed by atoms with E-state index in [0.29, 0.717) is 26.1 Å².